The molecule has 12 heteroatoms. The van der Waals surface area contributed by atoms with Gasteiger partial charge in [-0.2, -0.15) is 0 Å². The standard InChI is InChI=1S/C4H6N4O8/c5-1-2(9)6-4(11,7(12)13)3(10)16-8(14)15/h11H,1,5H2,(H,6,9). The van der Waals surface area contributed by atoms with Crippen LogP contribution in [0.1, 0.15) is 0 Å². The van der Waals surface area contributed by atoms with Gasteiger partial charge < -0.3 is 10.8 Å². The Bertz CT molecular complexity index is 341. The lowest BCUT2D eigenvalue weighted by atomic mass is 10.4. The number of nitrogens with zero attached hydrogens (tertiary/aromatic N) is 2. The van der Waals surface area contributed by atoms with E-state index in [-0.39, 0.29) is 0 Å². The zero-order valence-corrected chi connectivity index (χ0v) is 7.48. The fourth-order valence-corrected chi connectivity index (χ4v) is 0.548. The number of carbonyl (C=O) groups excluding carboxylic acids is 2. The third-order valence-corrected chi connectivity index (χ3v) is 1.21. The molecule has 1 atom stereocenters. The van der Waals surface area contributed by atoms with Crippen molar-refractivity contribution in [2.24, 2.45) is 5.73 Å². The zero-order chi connectivity index (χ0) is 12.9. The summed E-state index contributed by atoms with van der Waals surface area (Å²) in [5.74, 6) is -7.30. The van der Waals surface area contributed by atoms with Crippen LogP contribution in [0.2, 0.25) is 0 Å². The van der Waals surface area contributed by atoms with E-state index in [1.54, 1.807) is 0 Å². The highest BCUT2D eigenvalue weighted by atomic mass is 17.0. The van der Waals surface area contributed by atoms with E-state index in [1.807, 2.05) is 0 Å². The van der Waals surface area contributed by atoms with Gasteiger partial charge in [0.25, 0.3) is 0 Å². The van der Waals surface area contributed by atoms with Crippen molar-refractivity contribution in [2.75, 3.05) is 6.54 Å². The Hall–Kier alpha value is -2.34. The molecule has 0 rings (SSSR count). The van der Waals surface area contributed by atoms with E-state index in [9.17, 15) is 29.8 Å². The highest BCUT2D eigenvalue weighted by molar-refractivity contribution is 5.85. The number of carbonyl (C=O) groups is 2. The van der Waals surface area contributed by atoms with E-state index in [0.717, 1.165) is 5.32 Å². The van der Waals surface area contributed by atoms with E-state index in [1.165, 1.54) is 0 Å². The number of nitrogens with one attached hydrogen (secondary N) is 1. The van der Waals surface area contributed by atoms with Gasteiger partial charge in [0.05, 0.1) is 11.5 Å². The predicted octanol–water partition coefficient (Wildman–Crippen LogP) is -3.28. The minimum Gasteiger partial charge on any atom is -0.322 e. The molecule has 1 amide bonds. The van der Waals surface area contributed by atoms with Crippen LogP contribution in [0.25, 0.3) is 0 Å². The molecule has 16 heavy (non-hydrogen) atoms. The number of hydrogen-bond acceptors (Lipinski definition) is 9. The molecule has 0 aromatic heterocycles. The quantitative estimate of drug-likeness (QED) is 0.250. The van der Waals surface area contributed by atoms with Crippen LogP contribution in [-0.4, -0.2) is 39.4 Å². The predicted molar refractivity (Wildman–Crippen MR) is 42.2 cm³/mol. The normalized spacial score (nSPS) is 13.4. The lowest BCUT2D eigenvalue weighted by molar-refractivity contribution is -0.740. The summed E-state index contributed by atoms with van der Waals surface area (Å²) in [5.41, 5.74) is 4.75. The van der Waals surface area contributed by atoms with Crippen LogP contribution >= 0.6 is 0 Å². The van der Waals surface area contributed by atoms with Crippen LogP contribution < -0.4 is 11.1 Å². The van der Waals surface area contributed by atoms with E-state index in [0.29, 0.717) is 0 Å². The van der Waals surface area contributed by atoms with E-state index >= 15 is 0 Å². The van der Waals surface area contributed by atoms with Gasteiger partial charge in [0.2, 0.25) is 5.91 Å². The van der Waals surface area contributed by atoms with Gasteiger partial charge >= 0.3 is 16.9 Å². The molecular weight excluding hydrogens is 232 g/mol. The molecule has 1 unspecified atom stereocenters. The fourth-order valence-electron chi connectivity index (χ4n) is 0.548. The van der Waals surface area contributed by atoms with Crippen molar-refractivity contribution >= 4 is 11.9 Å². The van der Waals surface area contributed by atoms with Crippen molar-refractivity contribution in [1.82, 2.24) is 5.32 Å². The number of hydrogen-bond donors (Lipinski definition) is 3. The molecule has 4 N–H and O–H groups in total. The lowest BCUT2D eigenvalue weighted by Gasteiger charge is -2.16. The van der Waals surface area contributed by atoms with Gasteiger partial charge in [-0.3, -0.25) is 25.0 Å². The molecular formula is C4H6N4O8. The molecule has 0 bridgehead atoms. The molecule has 0 aliphatic rings. The van der Waals surface area contributed by atoms with Gasteiger partial charge in [-0.05, 0) is 0 Å². The van der Waals surface area contributed by atoms with Gasteiger partial charge in [0.15, 0.2) is 0 Å². The van der Waals surface area contributed by atoms with Crippen molar-refractivity contribution in [3.8, 4) is 0 Å². The molecule has 0 aromatic rings. The summed E-state index contributed by atoms with van der Waals surface area (Å²) in [6.45, 7) is -0.776. The number of aliphatic hydroxyl groups is 1. The first-order valence-corrected chi connectivity index (χ1v) is 3.48. The van der Waals surface area contributed by atoms with Crippen molar-refractivity contribution in [1.29, 1.82) is 0 Å². The lowest BCUT2D eigenvalue weighted by Crippen LogP contribution is -2.62. The van der Waals surface area contributed by atoms with Gasteiger partial charge in [-0.1, -0.05) is 0 Å². The molecule has 0 saturated heterocycles. The third kappa shape index (κ3) is 3.10. The summed E-state index contributed by atoms with van der Waals surface area (Å²) in [6.07, 6.45) is 0. The van der Waals surface area contributed by atoms with Gasteiger partial charge in [0, 0.05) is 0 Å². The molecule has 0 saturated carbocycles. The number of amides is 1. The summed E-state index contributed by atoms with van der Waals surface area (Å²) in [7, 11) is 0. The minimum absolute atomic E-state index is 0.776. The highest BCUT2D eigenvalue weighted by Gasteiger charge is 2.53. The average Bonchev–Trinajstić information content (AvgIpc) is 2.15. The molecule has 0 spiro atoms. The van der Waals surface area contributed by atoms with Crippen LogP contribution in [0, 0.1) is 20.2 Å². The fraction of sp³-hybridized carbons (Fsp3) is 0.500. The summed E-state index contributed by atoms with van der Waals surface area (Å²) in [4.78, 5) is 42.9. The second kappa shape index (κ2) is 4.94. The van der Waals surface area contributed by atoms with Crippen LogP contribution in [-0.2, 0) is 14.4 Å². The Kier molecular flexibility index (Phi) is 4.22. The minimum atomic E-state index is -3.75. The van der Waals surface area contributed by atoms with Crippen molar-refractivity contribution in [3.05, 3.63) is 20.2 Å². The van der Waals surface area contributed by atoms with Crippen molar-refractivity contribution < 1.29 is 29.5 Å². The van der Waals surface area contributed by atoms with Crippen LogP contribution in [0.15, 0.2) is 0 Å². The summed E-state index contributed by atoms with van der Waals surface area (Å²) < 4.78 is 0. The topological polar surface area (TPSA) is 188 Å². The molecule has 0 heterocycles. The molecule has 0 fully saturated rings. The second-order valence-electron chi connectivity index (χ2n) is 2.28. The highest BCUT2D eigenvalue weighted by Crippen LogP contribution is 2.04. The van der Waals surface area contributed by atoms with E-state index < -0.39 is 34.3 Å². The van der Waals surface area contributed by atoms with Gasteiger partial charge in [-0.25, -0.2) is 4.84 Å². The first-order valence-electron chi connectivity index (χ1n) is 3.48. The van der Waals surface area contributed by atoms with Crippen LogP contribution in [0.4, 0.5) is 0 Å². The van der Waals surface area contributed by atoms with Crippen LogP contribution in [0.5, 0.6) is 0 Å². The maximum Gasteiger partial charge on any atom is 0.494 e. The van der Waals surface area contributed by atoms with Crippen LogP contribution in [0.3, 0.4) is 0 Å². The maximum absolute atomic E-state index is 10.8. The SMILES string of the molecule is NCC(=O)NC(O)(C(=O)O[N+](=O)[O-])[N+](=O)[O-]. The maximum atomic E-state index is 10.8. The van der Waals surface area contributed by atoms with Crippen molar-refractivity contribution in [2.45, 2.75) is 5.85 Å². The Balaban J connectivity index is 4.96. The second-order valence-corrected chi connectivity index (χ2v) is 2.28. The largest absolute Gasteiger partial charge is 0.494 e. The monoisotopic (exact) mass is 238 g/mol. The van der Waals surface area contributed by atoms with E-state index in [4.69, 9.17) is 10.8 Å². The number of rotatable bonds is 5. The Morgan fingerprint density at radius 2 is 1.94 bits per heavy atom. The molecule has 90 valence electrons. The Labute approximate surface area is 86.2 Å². The van der Waals surface area contributed by atoms with Gasteiger partial charge in [0.1, 0.15) is 0 Å². The summed E-state index contributed by atoms with van der Waals surface area (Å²) in [5, 5.41) is 28.5. The van der Waals surface area contributed by atoms with Crippen molar-refractivity contribution in [3.63, 3.8) is 0 Å². The molecule has 0 radical (unpaired) electrons. The zero-order valence-electron chi connectivity index (χ0n) is 7.48. The van der Waals surface area contributed by atoms with E-state index in [2.05, 4.69) is 4.84 Å². The summed E-state index contributed by atoms with van der Waals surface area (Å²) in [6, 6.07) is 0. The molecule has 12 nitrogen and oxygen atoms in total. The molecule has 0 aliphatic heterocycles. The summed E-state index contributed by atoms with van der Waals surface area (Å²) >= 11 is 0. The smallest absolute Gasteiger partial charge is 0.322 e. The first kappa shape index (κ1) is 13.7. The first-order chi connectivity index (χ1) is 7.24. The number of nitrogens with two attached hydrogens (primary N) is 1. The number of nitro groups is 1. The average molecular weight is 238 g/mol. The molecule has 0 aromatic carbocycles. The van der Waals surface area contributed by atoms with Gasteiger partial charge in [-0.15, -0.1) is 10.1 Å². The Morgan fingerprint density at radius 3 is 2.25 bits per heavy atom. The Morgan fingerprint density at radius 1 is 1.44 bits per heavy atom. The third-order valence-electron chi connectivity index (χ3n) is 1.21. The molecule has 0 aliphatic carbocycles.